The van der Waals surface area contributed by atoms with Gasteiger partial charge in [0.1, 0.15) is 5.75 Å². The first-order valence-electron chi connectivity index (χ1n) is 10.7. The van der Waals surface area contributed by atoms with E-state index in [-0.39, 0.29) is 27.6 Å². The van der Waals surface area contributed by atoms with Gasteiger partial charge in [0.2, 0.25) is 5.91 Å². The lowest BCUT2D eigenvalue weighted by molar-refractivity contribution is -0.121. The maximum absolute atomic E-state index is 11.7. The van der Waals surface area contributed by atoms with Gasteiger partial charge in [0.25, 0.3) is 0 Å². The lowest BCUT2D eigenvalue weighted by Gasteiger charge is -2.37. The molecule has 4 nitrogen and oxygen atoms in total. The second-order valence-electron chi connectivity index (χ2n) is 12.3. The zero-order valence-electron chi connectivity index (χ0n) is 20.4. The van der Waals surface area contributed by atoms with E-state index in [0.717, 1.165) is 29.5 Å². The quantitative estimate of drug-likeness (QED) is 0.308. The van der Waals surface area contributed by atoms with Gasteiger partial charge in [0, 0.05) is 17.5 Å². The zero-order chi connectivity index (χ0) is 22.8. The first-order chi connectivity index (χ1) is 12.9. The van der Waals surface area contributed by atoms with Crippen LogP contribution in [0.4, 0.5) is 0 Å². The molecular weight excluding hydrogens is 360 g/mol. The van der Waals surface area contributed by atoms with Crippen LogP contribution in [0.5, 0.6) is 5.75 Å². The third-order valence-corrected chi connectivity index (χ3v) is 5.37. The number of aryl methyl sites for hydroxylation is 1. The first kappa shape index (κ1) is 25.5. The van der Waals surface area contributed by atoms with Crippen molar-refractivity contribution in [3.63, 3.8) is 0 Å². The van der Waals surface area contributed by atoms with Crippen molar-refractivity contribution in [3.05, 3.63) is 28.8 Å². The molecule has 0 unspecified atom stereocenters. The number of amides is 1. The predicted octanol–water partition coefficient (Wildman–Crippen LogP) is 5.74. The second-order valence-corrected chi connectivity index (χ2v) is 12.3. The third kappa shape index (κ3) is 7.65. The number of hydrazine groups is 1. The van der Waals surface area contributed by atoms with E-state index in [4.69, 9.17) is 5.84 Å². The average molecular weight is 405 g/mol. The number of nitrogens with one attached hydrogen (secondary N) is 1. The minimum absolute atomic E-state index is 0.131. The maximum Gasteiger partial charge on any atom is 0.234 e. The standard InChI is InChI=1S/C25H44N2O2/c1-22(2,3)15-24(7,8)18-13-17(11-12-20(28)27-26)14-19(21(18)29)25(9,10)16-23(4,5)6/h13-14,29H,11-12,15-16,26H2,1-10H3,(H,27,28). The lowest BCUT2D eigenvalue weighted by atomic mass is 9.67. The molecule has 0 spiro atoms. The maximum atomic E-state index is 11.7. The highest BCUT2D eigenvalue weighted by molar-refractivity contribution is 5.75. The third-order valence-electron chi connectivity index (χ3n) is 5.37. The van der Waals surface area contributed by atoms with Gasteiger partial charge >= 0.3 is 0 Å². The van der Waals surface area contributed by atoms with Crippen molar-refractivity contribution in [2.24, 2.45) is 16.7 Å². The number of aromatic hydroxyl groups is 1. The topological polar surface area (TPSA) is 75.4 Å². The number of carbonyl (C=O) groups excluding carboxylic acids is 1. The van der Waals surface area contributed by atoms with E-state index in [1.54, 1.807) is 0 Å². The van der Waals surface area contributed by atoms with Crippen molar-refractivity contribution in [1.29, 1.82) is 0 Å². The van der Waals surface area contributed by atoms with Gasteiger partial charge in [-0.15, -0.1) is 0 Å². The van der Waals surface area contributed by atoms with Gasteiger partial charge in [-0.1, -0.05) is 81.4 Å². The first-order valence-corrected chi connectivity index (χ1v) is 10.7. The van der Waals surface area contributed by atoms with Gasteiger partial charge < -0.3 is 5.11 Å². The Balaban J connectivity index is 3.57. The molecule has 0 aliphatic carbocycles. The summed E-state index contributed by atoms with van der Waals surface area (Å²) < 4.78 is 0. The molecule has 0 atom stereocenters. The summed E-state index contributed by atoms with van der Waals surface area (Å²) in [6.07, 6.45) is 2.82. The highest BCUT2D eigenvalue weighted by Gasteiger charge is 2.35. The SMILES string of the molecule is CC(C)(C)CC(C)(C)c1cc(CCC(=O)NN)cc(C(C)(C)CC(C)(C)C)c1O. The highest BCUT2D eigenvalue weighted by atomic mass is 16.3. The molecule has 0 aliphatic rings. The summed E-state index contributed by atoms with van der Waals surface area (Å²) in [6.45, 7) is 22.2. The summed E-state index contributed by atoms with van der Waals surface area (Å²) in [7, 11) is 0. The van der Waals surface area contributed by atoms with Crippen LogP contribution in [0, 0.1) is 10.8 Å². The Labute approximate surface area is 178 Å². The molecule has 1 aromatic carbocycles. The second kappa shape index (κ2) is 8.67. The van der Waals surface area contributed by atoms with Crippen LogP contribution in [0.25, 0.3) is 0 Å². The minimum Gasteiger partial charge on any atom is -0.507 e. The number of benzene rings is 1. The van der Waals surface area contributed by atoms with Gasteiger partial charge in [-0.05, 0) is 46.5 Å². The van der Waals surface area contributed by atoms with E-state index in [1.807, 2.05) is 0 Å². The molecule has 0 fully saturated rings. The van der Waals surface area contributed by atoms with Gasteiger partial charge in [-0.25, -0.2) is 5.84 Å². The fourth-order valence-electron chi connectivity index (χ4n) is 5.04. The summed E-state index contributed by atoms with van der Waals surface area (Å²) in [4.78, 5) is 11.7. The molecule has 166 valence electrons. The van der Waals surface area contributed by atoms with Crippen molar-refractivity contribution in [1.82, 2.24) is 5.43 Å². The van der Waals surface area contributed by atoms with E-state index in [2.05, 4.69) is 86.8 Å². The van der Waals surface area contributed by atoms with E-state index in [0.29, 0.717) is 18.6 Å². The molecule has 0 aromatic heterocycles. The number of phenolic OH excluding ortho intramolecular Hbond substituents is 1. The minimum atomic E-state index is -0.193. The molecule has 0 bridgehead atoms. The molecular formula is C25H44N2O2. The Hall–Kier alpha value is -1.55. The normalized spacial score (nSPS) is 13.5. The Kier molecular flexibility index (Phi) is 7.62. The summed E-state index contributed by atoms with van der Waals surface area (Å²) in [5, 5.41) is 11.4. The number of hydrogen-bond acceptors (Lipinski definition) is 3. The van der Waals surface area contributed by atoms with Crippen LogP contribution in [0.15, 0.2) is 12.1 Å². The predicted molar refractivity (Wildman–Crippen MR) is 123 cm³/mol. The smallest absolute Gasteiger partial charge is 0.234 e. The van der Waals surface area contributed by atoms with E-state index < -0.39 is 0 Å². The van der Waals surface area contributed by atoms with Crippen molar-refractivity contribution in [2.45, 2.75) is 106 Å². The largest absolute Gasteiger partial charge is 0.507 e. The Morgan fingerprint density at radius 2 is 1.24 bits per heavy atom. The monoisotopic (exact) mass is 404 g/mol. The summed E-state index contributed by atoms with van der Waals surface area (Å²) in [5.41, 5.74) is 5.09. The Morgan fingerprint density at radius 1 is 0.862 bits per heavy atom. The van der Waals surface area contributed by atoms with E-state index in [1.165, 1.54) is 0 Å². The number of hydrogen-bond donors (Lipinski definition) is 3. The van der Waals surface area contributed by atoms with Crippen LogP contribution in [0.2, 0.25) is 0 Å². The molecule has 1 aromatic rings. The Morgan fingerprint density at radius 3 is 1.55 bits per heavy atom. The molecule has 0 radical (unpaired) electrons. The fourth-order valence-corrected chi connectivity index (χ4v) is 5.04. The van der Waals surface area contributed by atoms with Crippen LogP contribution in [-0.2, 0) is 22.0 Å². The van der Waals surface area contributed by atoms with Crippen LogP contribution < -0.4 is 11.3 Å². The zero-order valence-corrected chi connectivity index (χ0v) is 20.4. The van der Waals surface area contributed by atoms with Crippen LogP contribution in [-0.4, -0.2) is 11.0 Å². The van der Waals surface area contributed by atoms with Crippen LogP contribution in [0.3, 0.4) is 0 Å². The molecule has 0 heterocycles. The van der Waals surface area contributed by atoms with Crippen molar-refractivity contribution < 1.29 is 9.90 Å². The number of rotatable bonds is 7. The van der Waals surface area contributed by atoms with Crippen LogP contribution >= 0.6 is 0 Å². The molecule has 0 aliphatic heterocycles. The Bertz CT molecular complexity index is 670. The van der Waals surface area contributed by atoms with Gasteiger partial charge in [-0.2, -0.15) is 0 Å². The van der Waals surface area contributed by atoms with Gasteiger partial charge in [0.15, 0.2) is 0 Å². The molecule has 0 saturated carbocycles. The molecule has 29 heavy (non-hydrogen) atoms. The average Bonchev–Trinajstić information content (AvgIpc) is 2.48. The van der Waals surface area contributed by atoms with E-state index in [9.17, 15) is 9.90 Å². The summed E-state index contributed by atoms with van der Waals surface area (Å²) in [5.74, 6) is 5.48. The van der Waals surface area contributed by atoms with Gasteiger partial charge in [0.05, 0.1) is 0 Å². The highest BCUT2D eigenvalue weighted by Crippen LogP contribution is 2.47. The summed E-state index contributed by atoms with van der Waals surface area (Å²) >= 11 is 0. The fraction of sp³-hybridized carbons (Fsp3) is 0.720. The molecule has 1 amide bonds. The number of phenols is 1. The van der Waals surface area contributed by atoms with Crippen molar-refractivity contribution in [2.75, 3.05) is 0 Å². The molecule has 1 rings (SSSR count). The van der Waals surface area contributed by atoms with Crippen molar-refractivity contribution in [3.8, 4) is 5.75 Å². The number of carbonyl (C=O) groups is 1. The number of nitrogens with two attached hydrogens (primary N) is 1. The molecule has 4 N–H and O–H groups in total. The molecule has 0 saturated heterocycles. The summed E-state index contributed by atoms with van der Waals surface area (Å²) in [6, 6.07) is 4.17. The molecule has 4 heteroatoms. The van der Waals surface area contributed by atoms with Crippen molar-refractivity contribution >= 4 is 5.91 Å². The van der Waals surface area contributed by atoms with Crippen LogP contribution in [0.1, 0.15) is 105 Å². The van der Waals surface area contributed by atoms with E-state index >= 15 is 0 Å². The van der Waals surface area contributed by atoms with Gasteiger partial charge in [-0.3, -0.25) is 10.2 Å². The lowest BCUT2D eigenvalue weighted by Crippen LogP contribution is -2.30.